The molecule has 1 aliphatic rings. The van der Waals surface area contributed by atoms with Crippen LogP contribution in [-0.2, 0) is 11.3 Å². The van der Waals surface area contributed by atoms with Crippen molar-refractivity contribution >= 4 is 0 Å². The summed E-state index contributed by atoms with van der Waals surface area (Å²) in [5.41, 5.74) is 3.00. The van der Waals surface area contributed by atoms with Crippen molar-refractivity contribution < 1.29 is 9.47 Å². The van der Waals surface area contributed by atoms with Crippen LogP contribution in [0.3, 0.4) is 0 Å². The topological polar surface area (TPSA) is 59.9 Å². The lowest BCUT2D eigenvalue weighted by molar-refractivity contribution is -0.180. The molecule has 0 saturated heterocycles. The SMILES string of the molecule is CC(NCC(N=O)c1ccc2c(c1)COC(C)(C)O2)c1ccccc1. The van der Waals surface area contributed by atoms with Gasteiger partial charge in [0.15, 0.2) is 0 Å². The Morgan fingerprint density at radius 2 is 1.92 bits per heavy atom. The Kier molecular flexibility index (Phi) is 5.16. The maximum absolute atomic E-state index is 11.4. The Labute approximate surface area is 148 Å². The molecular weight excluding hydrogens is 316 g/mol. The molecule has 0 saturated carbocycles. The van der Waals surface area contributed by atoms with Crippen molar-refractivity contribution in [3.8, 4) is 5.75 Å². The molecule has 1 heterocycles. The highest BCUT2D eigenvalue weighted by molar-refractivity contribution is 5.39. The van der Waals surface area contributed by atoms with Crippen LogP contribution in [0.15, 0.2) is 53.7 Å². The van der Waals surface area contributed by atoms with Gasteiger partial charge in [-0.3, -0.25) is 0 Å². The molecule has 2 aromatic rings. The van der Waals surface area contributed by atoms with Gasteiger partial charge in [0.25, 0.3) is 0 Å². The maximum atomic E-state index is 11.4. The summed E-state index contributed by atoms with van der Waals surface area (Å²) in [7, 11) is 0. The van der Waals surface area contributed by atoms with Gasteiger partial charge in [-0.1, -0.05) is 41.6 Å². The molecule has 25 heavy (non-hydrogen) atoms. The van der Waals surface area contributed by atoms with Crippen molar-refractivity contribution in [3.05, 3.63) is 70.1 Å². The average molecular weight is 340 g/mol. The molecule has 132 valence electrons. The van der Waals surface area contributed by atoms with E-state index in [-0.39, 0.29) is 6.04 Å². The van der Waals surface area contributed by atoms with Crippen LogP contribution in [0.25, 0.3) is 0 Å². The van der Waals surface area contributed by atoms with E-state index in [1.807, 2.05) is 50.2 Å². The van der Waals surface area contributed by atoms with Gasteiger partial charge in [-0.25, -0.2) is 0 Å². The number of nitroso groups, excluding NO2 is 1. The fourth-order valence-corrected chi connectivity index (χ4v) is 2.93. The fourth-order valence-electron chi connectivity index (χ4n) is 2.93. The minimum Gasteiger partial charge on any atom is -0.463 e. The molecule has 0 aliphatic carbocycles. The van der Waals surface area contributed by atoms with Crippen molar-refractivity contribution in [2.75, 3.05) is 6.54 Å². The number of ether oxygens (including phenoxy) is 2. The number of hydrogen-bond acceptors (Lipinski definition) is 5. The number of hydrogen-bond donors (Lipinski definition) is 1. The summed E-state index contributed by atoms with van der Waals surface area (Å²) < 4.78 is 11.5. The second-order valence-corrected chi connectivity index (χ2v) is 6.82. The molecule has 0 spiro atoms. The predicted molar refractivity (Wildman–Crippen MR) is 97.3 cm³/mol. The highest BCUT2D eigenvalue weighted by Gasteiger charge is 2.28. The van der Waals surface area contributed by atoms with Crippen molar-refractivity contribution in [2.24, 2.45) is 5.18 Å². The Bertz CT molecular complexity index is 731. The third-order valence-electron chi connectivity index (χ3n) is 4.44. The van der Waals surface area contributed by atoms with Crippen LogP contribution in [0.5, 0.6) is 5.75 Å². The van der Waals surface area contributed by atoms with Gasteiger partial charge >= 0.3 is 0 Å². The lowest BCUT2D eigenvalue weighted by atomic mass is 10.0. The number of nitrogens with zero attached hydrogens (tertiary/aromatic N) is 1. The Hall–Kier alpha value is -2.24. The van der Waals surface area contributed by atoms with Crippen molar-refractivity contribution in [1.29, 1.82) is 0 Å². The van der Waals surface area contributed by atoms with Gasteiger partial charge < -0.3 is 14.8 Å². The zero-order valence-corrected chi connectivity index (χ0v) is 14.9. The van der Waals surface area contributed by atoms with E-state index in [9.17, 15) is 4.91 Å². The van der Waals surface area contributed by atoms with Crippen LogP contribution in [0.4, 0.5) is 0 Å². The summed E-state index contributed by atoms with van der Waals surface area (Å²) in [6.07, 6.45) is 0. The zero-order valence-electron chi connectivity index (χ0n) is 14.9. The molecule has 3 rings (SSSR count). The molecule has 1 N–H and O–H groups in total. The molecule has 5 nitrogen and oxygen atoms in total. The van der Waals surface area contributed by atoms with Gasteiger partial charge in [0, 0.05) is 32.0 Å². The van der Waals surface area contributed by atoms with Gasteiger partial charge in [-0.05, 0) is 30.2 Å². The molecule has 0 fully saturated rings. The van der Waals surface area contributed by atoms with Crippen LogP contribution >= 0.6 is 0 Å². The summed E-state index contributed by atoms with van der Waals surface area (Å²) >= 11 is 0. The van der Waals surface area contributed by atoms with E-state index in [1.54, 1.807) is 0 Å². The van der Waals surface area contributed by atoms with Crippen LogP contribution in [0.2, 0.25) is 0 Å². The molecule has 0 bridgehead atoms. The van der Waals surface area contributed by atoms with Crippen LogP contribution in [0, 0.1) is 4.91 Å². The molecule has 2 unspecified atom stereocenters. The lowest BCUT2D eigenvalue weighted by Crippen LogP contribution is -2.35. The summed E-state index contributed by atoms with van der Waals surface area (Å²) in [6, 6.07) is 15.6. The highest BCUT2D eigenvalue weighted by atomic mass is 16.7. The Morgan fingerprint density at radius 1 is 1.16 bits per heavy atom. The normalized spacial score (nSPS) is 17.9. The van der Waals surface area contributed by atoms with E-state index in [1.165, 1.54) is 5.56 Å². The number of nitrogens with one attached hydrogen (secondary N) is 1. The van der Waals surface area contributed by atoms with E-state index in [2.05, 4.69) is 29.6 Å². The molecular formula is C20H24N2O3. The molecule has 0 amide bonds. The lowest BCUT2D eigenvalue weighted by Gasteiger charge is -2.32. The number of benzene rings is 2. The van der Waals surface area contributed by atoms with Gasteiger partial charge in [0.1, 0.15) is 11.8 Å². The average Bonchev–Trinajstić information content (AvgIpc) is 2.62. The smallest absolute Gasteiger partial charge is 0.205 e. The molecule has 1 aliphatic heterocycles. The van der Waals surface area contributed by atoms with Gasteiger partial charge in [0.2, 0.25) is 5.79 Å². The fraction of sp³-hybridized carbons (Fsp3) is 0.400. The summed E-state index contributed by atoms with van der Waals surface area (Å²) in [5.74, 6) is 0.180. The third kappa shape index (κ3) is 4.24. The maximum Gasteiger partial charge on any atom is 0.205 e. The minimum absolute atomic E-state index is 0.149. The monoisotopic (exact) mass is 340 g/mol. The molecule has 2 atom stereocenters. The Balaban J connectivity index is 1.68. The van der Waals surface area contributed by atoms with Crippen LogP contribution in [0.1, 0.15) is 49.5 Å². The van der Waals surface area contributed by atoms with Crippen molar-refractivity contribution in [2.45, 2.75) is 45.2 Å². The van der Waals surface area contributed by atoms with Crippen LogP contribution < -0.4 is 10.1 Å². The first kappa shape index (κ1) is 17.6. The molecule has 0 radical (unpaired) electrons. The van der Waals surface area contributed by atoms with E-state index in [4.69, 9.17) is 9.47 Å². The standard InChI is InChI=1S/C20H24N2O3/c1-14(15-7-5-4-6-8-15)21-12-18(22-23)16-9-10-19-17(11-16)13-24-20(2,3)25-19/h4-11,14,18,21H,12-13H2,1-3H3. The predicted octanol–water partition coefficient (Wildman–Crippen LogP) is 4.49. The summed E-state index contributed by atoms with van der Waals surface area (Å²) in [6.45, 7) is 6.79. The van der Waals surface area contributed by atoms with Crippen molar-refractivity contribution in [1.82, 2.24) is 5.32 Å². The number of fused-ring (bicyclic) bond motifs is 1. The molecule has 2 aromatic carbocycles. The van der Waals surface area contributed by atoms with Crippen LogP contribution in [-0.4, -0.2) is 12.3 Å². The van der Waals surface area contributed by atoms with E-state index < -0.39 is 11.8 Å². The van der Waals surface area contributed by atoms with E-state index in [0.717, 1.165) is 16.9 Å². The van der Waals surface area contributed by atoms with Crippen molar-refractivity contribution in [3.63, 3.8) is 0 Å². The first-order valence-corrected chi connectivity index (χ1v) is 8.55. The highest BCUT2D eigenvalue weighted by Crippen LogP contribution is 2.33. The molecule has 0 aromatic heterocycles. The summed E-state index contributed by atoms with van der Waals surface area (Å²) in [4.78, 5) is 11.4. The van der Waals surface area contributed by atoms with E-state index in [0.29, 0.717) is 13.2 Å². The zero-order chi connectivity index (χ0) is 17.9. The van der Waals surface area contributed by atoms with Gasteiger partial charge in [-0.15, -0.1) is 0 Å². The largest absolute Gasteiger partial charge is 0.463 e. The second-order valence-electron chi connectivity index (χ2n) is 6.82. The third-order valence-corrected chi connectivity index (χ3v) is 4.44. The number of rotatable bonds is 6. The van der Waals surface area contributed by atoms with E-state index >= 15 is 0 Å². The van der Waals surface area contributed by atoms with Gasteiger partial charge in [-0.2, -0.15) is 4.91 Å². The summed E-state index contributed by atoms with van der Waals surface area (Å²) in [5, 5.41) is 6.69. The minimum atomic E-state index is -0.622. The second kappa shape index (κ2) is 7.33. The molecule has 5 heteroatoms. The Morgan fingerprint density at radius 3 is 2.64 bits per heavy atom. The first-order chi connectivity index (χ1) is 12.0. The van der Waals surface area contributed by atoms with Gasteiger partial charge in [0.05, 0.1) is 6.61 Å². The first-order valence-electron chi connectivity index (χ1n) is 8.55. The quantitative estimate of drug-likeness (QED) is 0.787.